The van der Waals surface area contributed by atoms with Crippen LogP contribution < -0.4 is 5.32 Å². The Morgan fingerprint density at radius 3 is 2.09 bits per heavy atom. The SMILES string of the molecule is CNC(=O)[C@@H]1C[C@H](N(C(=O)C(C)(C)C)C2CCC(F)(F)CC2)C[N+]1(C)C(=O)[C@@H]1CN(C(C)(C)C)C[C@H]1c1ccc(Cl)cc1. The van der Waals surface area contributed by atoms with Crippen LogP contribution in [0.2, 0.25) is 5.02 Å². The van der Waals surface area contributed by atoms with Crippen molar-refractivity contribution in [2.75, 3.05) is 33.7 Å². The standard InChI is InChI=1S/C33H49ClF2N4O3/c1-31(2,3)30(43)39(23-13-15-33(35,36)16-14-23)24-17-27(28(41)37-7)40(8,20-24)29(42)26-19-38(32(4,5)6)18-25(26)21-9-11-22(34)12-10-21/h9-12,23-27H,13-20H2,1-8H3/p+1/t24-,25-,26+,27-,40?/m0/s1. The molecular weight excluding hydrogens is 574 g/mol. The maximum absolute atomic E-state index is 14.9. The first-order valence-electron chi connectivity index (χ1n) is 15.6. The largest absolute Gasteiger partial charge is 0.354 e. The summed E-state index contributed by atoms with van der Waals surface area (Å²) in [6, 6.07) is 6.17. The van der Waals surface area contributed by atoms with Crippen LogP contribution in [0.3, 0.4) is 0 Å². The molecule has 0 aromatic heterocycles. The van der Waals surface area contributed by atoms with Crippen molar-refractivity contribution < 1.29 is 27.6 Å². The van der Waals surface area contributed by atoms with Crippen LogP contribution >= 0.6 is 11.6 Å². The summed E-state index contributed by atoms with van der Waals surface area (Å²) in [6.07, 6.45) is 0.175. The van der Waals surface area contributed by atoms with Gasteiger partial charge in [0.15, 0.2) is 6.04 Å². The minimum Gasteiger partial charge on any atom is -0.354 e. The predicted molar refractivity (Wildman–Crippen MR) is 165 cm³/mol. The second-order valence-corrected chi connectivity index (χ2v) is 15.6. The molecule has 2 heterocycles. The van der Waals surface area contributed by atoms with Crippen LogP contribution in [0.25, 0.3) is 0 Å². The average Bonchev–Trinajstić information content (AvgIpc) is 3.51. The molecule has 5 atom stereocenters. The second-order valence-electron chi connectivity index (χ2n) is 15.2. The lowest BCUT2D eigenvalue weighted by Crippen LogP contribution is -2.61. The van der Waals surface area contributed by atoms with Gasteiger partial charge in [-0.25, -0.2) is 13.6 Å². The van der Waals surface area contributed by atoms with Gasteiger partial charge < -0.3 is 10.2 Å². The van der Waals surface area contributed by atoms with E-state index in [0.29, 0.717) is 24.5 Å². The highest BCUT2D eigenvalue weighted by molar-refractivity contribution is 6.30. The Labute approximate surface area is 260 Å². The van der Waals surface area contributed by atoms with Gasteiger partial charge in [-0.2, -0.15) is 0 Å². The number of alkyl halides is 2. The van der Waals surface area contributed by atoms with Crippen LogP contribution in [0.1, 0.15) is 85.1 Å². The summed E-state index contributed by atoms with van der Waals surface area (Å²) < 4.78 is 28.2. The van der Waals surface area contributed by atoms with Crippen LogP contribution in [0, 0.1) is 11.3 Å². The van der Waals surface area contributed by atoms with Crippen molar-refractivity contribution in [3.05, 3.63) is 34.9 Å². The van der Waals surface area contributed by atoms with E-state index in [1.165, 1.54) is 0 Å². The van der Waals surface area contributed by atoms with Crippen molar-refractivity contribution in [3.8, 4) is 0 Å². The van der Waals surface area contributed by atoms with Crippen LogP contribution in [-0.4, -0.2) is 95.3 Å². The Kier molecular flexibility index (Phi) is 9.44. The van der Waals surface area contributed by atoms with Gasteiger partial charge in [-0.05, 0) is 51.3 Å². The third-order valence-corrected chi connectivity index (χ3v) is 10.3. The quantitative estimate of drug-likeness (QED) is 0.442. The number of carbonyl (C=O) groups is 3. The van der Waals surface area contributed by atoms with Gasteiger partial charge in [-0.1, -0.05) is 44.5 Å². The number of amides is 3. The topological polar surface area (TPSA) is 69.7 Å². The van der Waals surface area contributed by atoms with Crippen LogP contribution in [0.15, 0.2) is 24.3 Å². The lowest BCUT2D eigenvalue weighted by atomic mass is 9.86. The molecule has 43 heavy (non-hydrogen) atoms. The smallest absolute Gasteiger partial charge is 0.319 e. The molecule has 10 heteroatoms. The van der Waals surface area contributed by atoms with Crippen molar-refractivity contribution in [1.29, 1.82) is 0 Å². The molecule has 1 unspecified atom stereocenters. The summed E-state index contributed by atoms with van der Waals surface area (Å²) in [6.45, 7) is 13.4. The van der Waals surface area contributed by atoms with Gasteiger partial charge in [0.05, 0.1) is 19.0 Å². The Bertz CT molecular complexity index is 1200. The fourth-order valence-electron chi connectivity index (χ4n) is 7.46. The molecule has 3 fully saturated rings. The van der Waals surface area contributed by atoms with E-state index < -0.39 is 23.4 Å². The van der Waals surface area contributed by atoms with Gasteiger partial charge in [0.2, 0.25) is 11.8 Å². The number of rotatable bonds is 5. The number of likely N-dealkylation sites (N-methyl/N-ethyl adjacent to an activating group) is 2. The minimum atomic E-state index is -2.73. The third-order valence-electron chi connectivity index (χ3n) is 10.1. The Hall–Kier alpha value is -2.10. The molecule has 4 rings (SSSR count). The minimum absolute atomic E-state index is 0.0267. The zero-order valence-corrected chi connectivity index (χ0v) is 27.8. The van der Waals surface area contributed by atoms with E-state index in [2.05, 4.69) is 31.0 Å². The van der Waals surface area contributed by atoms with Gasteiger partial charge >= 0.3 is 5.91 Å². The Morgan fingerprint density at radius 1 is 1.00 bits per heavy atom. The number of benzene rings is 1. The summed E-state index contributed by atoms with van der Waals surface area (Å²) in [5.74, 6) is -3.59. The molecule has 1 N–H and O–H groups in total. The number of halogens is 3. The first kappa shape index (κ1) is 33.8. The molecule has 240 valence electrons. The molecule has 7 nitrogen and oxygen atoms in total. The van der Waals surface area contributed by atoms with Gasteiger partial charge in [0.1, 0.15) is 6.54 Å². The first-order chi connectivity index (χ1) is 19.8. The van der Waals surface area contributed by atoms with E-state index in [1.807, 2.05) is 52.1 Å². The van der Waals surface area contributed by atoms with E-state index in [0.717, 1.165) is 5.56 Å². The van der Waals surface area contributed by atoms with Crippen molar-refractivity contribution in [3.63, 3.8) is 0 Å². The molecule has 1 aromatic carbocycles. The number of quaternary nitrogens is 1. The zero-order chi connectivity index (χ0) is 32.1. The molecule has 3 amide bonds. The van der Waals surface area contributed by atoms with Gasteiger partial charge in [0.25, 0.3) is 5.91 Å². The average molecular weight is 624 g/mol. The van der Waals surface area contributed by atoms with Gasteiger partial charge in [-0.3, -0.25) is 19.0 Å². The first-order valence-corrected chi connectivity index (χ1v) is 16.0. The summed E-state index contributed by atoms with van der Waals surface area (Å²) in [5, 5.41) is 3.39. The van der Waals surface area contributed by atoms with Crippen molar-refractivity contribution in [2.24, 2.45) is 11.3 Å². The Morgan fingerprint density at radius 2 is 1.58 bits per heavy atom. The van der Waals surface area contributed by atoms with E-state index >= 15 is 0 Å². The van der Waals surface area contributed by atoms with Crippen molar-refractivity contribution in [2.45, 2.75) is 109 Å². The number of hydrogen-bond donors (Lipinski definition) is 1. The number of nitrogens with one attached hydrogen (secondary N) is 1. The van der Waals surface area contributed by atoms with E-state index in [-0.39, 0.29) is 77.8 Å². The van der Waals surface area contributed by atoms with Crippen LogP contribution in [-0.2, 0) is 14.4 Å². The molecule has 1 aromatic rings. The lowest BCUT2D eigenvalue weighted by Gasteiger charge is -2.43. The second kappa shape index (κ2) is 12.0. The van der Waals surface area contributed by atoms with Crippen LogP contribution in [0.5, 0.6) is 0 Å². The molecule has 0 spiro atoms. The van der Waals surface area contributed by atoms with Gasteiger partial charge in [0, 0.05) is 67.3 Å². The van der Waals surface area contributed by atoms with Crippen molar-refractivity contribution in [1.82, 2.24) is 15.1 Å². The normalized spacial score (nSPS) is 30.3. The highest BCUT2D eigenvalue weighted by Gasteiger charge is 2.59. The molecule has 1 saturated carbocycles. The van der Waals surface area contributed by atoms with E-state index in [1.54, 1.807) is 11.9 Å². The molecule has 3 aliphatic rings. The van der Waals surface area contributed by atoms with Crippen LogP contribution in [0.4, 0.5) is 8.78 Å². The highest BCUT2D eigenvalue weighted by atomic mass is 35.5. The molecular formula is C33H50ClF2N4O3+. The molecule has 0 bridgehead atoms. The number of likely N-dealkylation sites (tertiary alicyclic amines) is 2. The molecule has 0 radical (unpaired) electrons. The maximum atomic E-state index is 14.9. The Balaban J connectivity index is 1.72. The van der Waals surface area contributed by atoms with E-state index in [4.69, 9.17) is 11.6 Å². The monoisotopic (exact) mass is 623 g/mol. The maximum Gasteiger partial charge on any atom is 0.319 e. The summed E-state index contributed by atoms with van der Waals surface area (Å²) in [5.41, 5.74) is 0.128. The number of hydrogen-bond acceptors (Lipinski definition) is 4. The summed E-state index contributed by atoms with van der Waals surface area (Å²) in [4.78, 5) is 46.4. The highest BCUT2D eigenvalue weighted by Crippen LogP contribution is 2.43. The fourth-order valence-corrected chi connectivity index (χ4v) is 7.58. The molecule has 2 aliphatic heterocycles. The summed E-state index contributed by atoms with van der Waals surface area (Å²) >= 11 is 6.20. The predicted octanol–water partition coefficient (Wildman–Crippen LogP) is 5.47. The number of carbonyl (C=O) groups excluding carboxylic acids is 3. The number of nitrogens with zero attached hydrogens (tertiary/aromatic N) is 3. The fraction of sp³-hybridized carbons (Fsp3) is 0.727. The van der Waals surface area contributed by atoms with Crippen molar-refractivity contribution >= 4 is 29.3 Å². The lowest BCUT2D eigenvalue weighted by molar-refractivity contribution is -0.840. The summed E-state index contributed by atoms with van der Waals surface area (Å²) in [7, 11) is 3.40. The molecule has 1 aliphatic carbocycles. The zero-order valence-electron chi connectivity index (χ0n) is 27.1. The van der Waals surface area contributed by atoms with Gasteiger partial charge in [-0.15, -0.1) is 0 Å². The molecule has 2 saturated heterocycles. The van der Waals surface area contributed by atoms with E-state index in [9.17, 15) is 23.2 Å². The third kappa shape index (κ3) is 6.94.